The highest BCUT2D eigenvalue weighted by molar-refractivity contribution is 6.32. The average molecular weight is 306 g/mol. The number of halogens is 1. The summed E-state index contributed by atoms with van der Waals surface area (Å²) in [5.41, 5.74) is 9.72. The molecule has 2 aromatic rings. The van der Waals surface area contributed by atoms with Crippen LogP contribution >= 0.6 is 11.6 Å². The zero-order valence-corrected chi connectivity index (χ0v) is 13.3. The fraction of sp³-hybridized carbons (Fsp3) is 0.294. The number of methoxy groups -OCH3 is 1. The molecule has 21 heavy (non-hydrogen) atoms. The summed E-state index contributed by atoms with van der Waals surface area (Å²) in [5, 5.41) is 0.788. The third-order valence-electron chi connectivity index (χ3n) is 3.39. The summed E-state index contributed by atoms with van der Waals surface area (Å²) in [6, 6.07) is 9.82. The molecule has 0 bridgehead atoms. The Balaban J connectivity index is 2.13. The van der Waals surface area contributed by atoms with Crippen LogP contribution in [0.15, 0.2) is 30.3 Å². The van der Waals surface area contributed by atoms with Crippen LogP contribution in [0.25, 0.3) is 0 Å². The molecule has 0 heterocycles. The summed E-state index contributed by atoms with van der Waals surface area (Å²) in [4.78, 5) is 0. The van der Waals surface area contributed by atoms with Crippen LogP contribution in [-0.2, 0) is 13.2 Å². The molecular weight excluding hydrogens is 286 g/mol. The molecule has 0 saturated heterocycles. The van der Waals surface area contributed by atoms with E-state index in [9.17, 15) is 0 Å². The molecule has 0 aliphatic heterocycles. The minimum absolute atomic E-state index is 0.458. The molecule has 0 fully saturated rings. The van der Waals surface area contributed by atoms with Gasteiger partial charge in [0.25, 0.3) is 0 Å². The Morgan fingerprint density at radius 1 is 1.10 bits per heavy atom. The number of hydrogen-bond acceptors (Lipinski definition) is 3. The molecule has 0 saturated carbocycles. The minimum Gasteiger partial charge on any atom is -0.496 e. The van der Waals surface area contributed by atoms with Gasteiger partial charge in [-0.1, -0.05) is 23.7 Å². The molecular formula is C17H20ClNO2. The molecule has 0 amide bonds. The van der Waals surface area contributed by atoms with Gasteiger partial charge >= 0.3 is 0 Å². The molecule has 0 unspecified atom stereocenters. The van der Waals surface area contributed by atoms with Crippen molar-refractivity contribution in [3.05, 3.63) is 57.6 Å². The van der Waals surface area contributed by atoms with Gasteiger partial charge in [-0.3, -0.25) is 0 Å². The maximum absolute atomic E-state index is 6.16. The van der Waals surface area contributed by atoms with Crippen molar-refractivity contribution >= 4 is 11.6 Å². The lowest BCUT2D eigenvalue weighted by molar-refractivity contribution is 0.304. The normalized spacial score (nSPS) is 10.5. The molecule has 0 radical (unpaired) electrons. The number of rotatable bonds is 5. The minimum atomic E-state index is 0.458. The molecule has 2 N–H and O–H groups in total. The van der Waals surface area contributed by atoms with Crippen molar-refractivity contribution < 1.29 is 9.47 Å². The van der Waals surface area contributed by atoms with Crippen molar-refractivity contribution in [1.29, 1.82) is 0 Å². The lowest BCUT2D eigenvalue weighted by Gasteiger charge is -2.12. The zero-order chi connectivity index (χ0) is 15.4. The smallest absolute Gasteiger partial charge is 0.123 e. The maximum atomic E-state index is 6.16. The van der Waals surface area contributed by atoms with Gasteiger partial charge in [0.05, 0.1) is 7.11 Å². The fourth-order valence-corrected chi connectivity index (χ4v) is 2.31. The Morgan fingerprint density at radius 3 is 2.33 bits per heavy atom. The van der Waals surface area contributed by atoms with Crippen molar-refractivity contribution in [3.63, 3.8) is 0 Å². The van der Waals surface area contributed by atoms with Crippen LogP contribution in [0, 0.1) is 13.8 Å². The van der Waals surface area contributed by atoms with Crippen molar-refractivity contribution in [1.82, 2.24) is 0 Å². The van der Waals surface area contributed by atoms with Gasteiger partial charge in [0.2, 0.25) is 0 Å². The van der Waals surface area contributed by atoms with E-state index in [-0.39, 0.29) is 0 Å². The lowest BCUT2D eigenvalue weighted by atomic mass is 10.1. The first-order chi connectivity index (χ1) is 10.0. The van der Waals surface area contributed by atoms with Crippen molar-refractivity contribution in [3.8, 4) is 11.5 Å². The summed E-state index contributed by atoms with van der Waals surface area (Å²) in [6.45, 7) is 4.88. The van der Waals surface area contributed by atoms with Gasteiger partial charge in [0.1, 0.15) is 18.1 Å². The van der Waals surface area contributed by atoms with Gasteiger partial charge in [-0.2, -0.15) is 0 Å². The molecule has 2 rings (SSSR count). The summed E-state index contributed by atoms with van der Waals surface area (Å²) in [5.74, 6) is 1.61. The first kappa shape index (κ1) is 15.7. The van der Waals surface area contributed by atoms with Gasteiger partial charge in [-0.25, -0.2) is 0 Å². The number of aryl methyl sites for hydroxylation is 2. The standard InChI is InChI=1S/C17H20ClNO2/c1-11-6-15(7-12(2)17(11)18)21-10-13-4-5-14(9-19)16(8-13)20-3/h4-8H,9-10,19H2,1-3H3. The van der Waals surface area contributed by atoms with Crippen LogP contribution in [0.1, 0.15) is 22.3 Å². The quantitative estimate of drug-likeness (QED) is 0.908. The van der Waals surface area contributed by atoms with E-state index >= 15 is 0 Å². The second-order valence-corrected chi connectivity index (χ2v) is 5.39. The SMILES string of the molecule is COc1cc(COc2cc(C)c(Cl)c(C)c2)ccc1CN. The number of hydrogen-bond donors (Lipinski definition) is 1. The molecule has 0 aromatic heterocycles. The molecule has 0 aliphatic rings. The molecule has 0 spiro atoms. The van der Waals surface area contributed by atoms with Crippen LogP contribution in [0.2, 0.25) is 5.02 Å². The van der Waals surface area contributed by atoms with E-state index in [4.69, 9.17) is 26.8 Å². The highest BCUT2D eigenvalue weighted by Gasteiger charge is 2.06. The van der Waals surface area contributed by atoms with Crippen LogP contribution in [0.4, 0.5) is 0 Å². The third kappa shape index (κ3) is 3.69. The second-order valence-electron chi connectivity index (χ2n) is 5.01. The second kappa shape index (κ2) is 6.83. The topological polar surface area (TPSA) is 44.5 Å². The van der Waals surface area contributed by atoms with E-state index in [0.717, 1.165) is 38.8 Å². The Labute approximate surface area is 130 Å². The molecule has 0 aliphatic carbocycles. The first-order valence-corrected chi connectivity index (χ1v) is 7.18. The van der Waals surface area contributed by atoms with Crippen LogP contribution in [-0.4, -0.2) is 7.11 Å². The van der Waals surface area contributed by atoms with E-state index in [1.165, 1.54) is 0 Å². The number of ether oxygens (including phenoxy) is 2. The van der Waals surface area contributed by atoms with Gasteiger partial charge in [0.15, 0.2) is 0 Å². The van der Waals surface area contributed by atoms with Crippen molar-refractivity contribution in [2.45, 2.75) is 27.0 Å². The van der Waals surface area contributed by atoms with Gasteiger partial charge in [0, 0.05) is 17.1 Å². The Hall–Kier alpha value is -1.71. The highest BCUT2D eigenvalue weighted by atomic mass is 35.5. The van der Waals surface area contributed by atoms with Crippen molar-refractivity contribution in [2.24, 2.45) is 5.73 Å². The third-order valence-corrected chi connectivity index (χ3v) is 3.98. The van der Waals surface area contributed by atoms with E-state index in [1.54, 1.807) is 7.11 Å². The number of benzene rings is 2. The van der Waals surface area contributed by atoms with E-state index in [0.29, 0.717) is 13.2 Å². The Kier molecular flexibility index (Phi) is 5.10. The Bertz CT molecular complexity index is 618. The van der Waals surface area contributed by atoms with E-state index in [1.807, 2.05) is 44.2 Å². The van der Waals surface area contributed by atoms with Crippen molar-refractivity contribution in [2.75, 3.05) is 7.11 Å². The van der Waals surface area contributed by atoms with E-state index < -0.39 is 0 Å². The summed E-state index contributed by atoms with van der Waals surface area (Å²) >= 11 is 6.16. The number of nitrogens with two attached hydrogens (primary N) is 1. The lowest BCUT2D eigenvalue weighted by Crippen LogP contribution is -2.02. The molecule has 3 nitrogen and oxygen atoms in total. The van der Waals surface area contributed by atoms with Gasteiger partial charge < -0.3 is 15.2 Å². The largest absolute Gasteiger partial charge is 0.496 e. The van der Waals surface area contributed by atoms with Gasteiger partial charge in [-0.05, 0) is 48.7 Å². The monoisotopic (exact) mass is 305 g/mol. The highest BCUT2D eigenvalue weighted by Crippen LogP contribution is 2.27. The molecule has 2 aromatic carbocycles. The molecule has 0 atom stereocenters. The summed E-state index contributed by atoms with van der Waals surface area (Å²) < 4.78 is 11.2. The van der Waals surface area contributed by atoms with Crippen LogP contribution < -0.4 is 15.2 Å². The summed E-state index contributed by atoms with van der Waals surface area (Å²) in [7, 11) is 1.64. The molecule has 4 heteroatoms. The summed E-state index contributed by atoms with van der Waals surface area (Å²) in [6.07, 6.45) is 0. The zero-order valence-electron chi connectivity index (χ0n) is 12.6. The van der Waals surface area contributed by atoms with Gasteiger partial charge in [-0.15, -0.1) is 0 Å². The first-order valence-electron chi connectivity index (χ1n) is 6.80. The van der Waals surface area contributed by atoms with Crippen LogP contribution in [0.5, 0.6) is 11.5 Å². The van der Waals surface area contributed by atoms with E-state index in [2.05, 4.69) is 0 Å². The fourth-order valence-electron chi connectivity index (χ4n) is 2.20. The predicted molar refractivity (Wildman–Crippen MR) is 86.1 cm³/mol. The molecule has 112 valence electrons. The average Bonchev–Trinajstić information content (AvgIpc) is 2.50. The Morgan fingerprint density at radius 2 is 1.76 bits per heavy atom. The maximum Gasteiger partial charge on any atom is 0.123 e. The van der Waals surface area contributed by atoms with Crippen LogP contribution in [0.3, 0.4) is 0 Å². The predicted octanol–water partition coefficient (Wildman–Crippen LogP) is 4.00.